The van der Waals surface area contributed by atoms with Crippen LogP contribution in [0.2, 0.25) is 0 Å². The Bertz CT molecular complexity index is 2040. The molecule has 0 saturated carbocycles. The molecule has 0 fully saturated rings. The minimum absolute atomic E-state index is 0.0784. The highest BCUT2D eigenvalue weighted by Crippen LogP contribution is 2.43. The Morgan fingerprint density at radius 2 is 0.756 bits per heavy atom. The van der Waals surface area contributed by atoms with Crippen LogP contribution in [-0.2, 0) is 5.41 Å². The van der Waals surface area contributed by atoms with Crippen LogP contribution in [0.15, 0.2) is 78.9 Å². The van der Waals surface area contributed by atoms with Gasteiger partial charge in [-0.1, -0.05) is 45.0 Å². The molecule has 5 aliphatic heterocycles. The van der Waals surface area contributed by atoms with Crippen molar-refractivity contribution in [2.75, 3.05) is 0 Å². The summed E-state index contributed by atoms with van der Waals surface area (Å²) in [6.45, 7) is 6.40. The van der Waals surface area contributed by atoms with Crippen LogP contribution in [0.4, 0.5) is 0 Å². The first-order chi connectivity index (χ1) is 19.9. The van der Waals surface area contributed by atoms with Crippen LogP contribution in [0.1, 0.15) is 26.3 Å². The summed E-state index contributed by atoms with van der Waals surface area (Å²) in [5.41, 5.74) is 7.30. The first-order valence-electron chi connectivity index (χ1n) is 14.1. The molecule has 5 aliphatic rings. The van der Waals surface area contributed by atoms with Crippen LogP contribution in [0.25, 0.3) is 0 Å². The molecule has 0 N–H and O–H groups in total. The quantitative estimate of drug-likeness (QED) is 0.269. The number of hydrogen-bond acceptors (Lipinski definition) is 5. The third-order valence-corrected chi connectivity index (χ3v) is 9.07. The van der Waals surface area contributed by atoms with Crippen molar-refractivity contribution in [3.63, 3.8) is 0 Å². The van der Waals surface area contributed by atoms with E-state index in [1.54, 1.807) is 0 Å². The van der Waals surface area contributed by atoms with Crippen LogP contribution >= 0.6 is 0 Å². The predicted octanol–water partition coefficient (Wildman–Crippen LogP) is 4.55. The molecule has 0 spiro atoms. The Labute approximate surface area is 237 Å². The fraction of sp³-hybridized carbons (Fsp3) is 0.118. The van der Waals surface area contributed by atoms with E-state index in [1.165, 1.54) is 0 Å². The van der Waals surface area contributed by atoms with Gasteiger partial charge < -0.3 is 23.7 Å². The van der Waals surface area contributed by atoms with Crippen molar-refractivity contribution in [2.45, 2.75) is 26.2 Å². The molecule has 5 aromatic carbocycles. The number of ether oxygens (including phenoxy) is 5. The molecular weight excluding hydrogens is 510 g/mol. The minimum Gasteiger partial charge on any atom is -0.458 e. The number of benzene rings is 5. The maximum Gasteiger partial charge on any atom is 0.265 e. The number of hydrogen-bond donors (Lipinski definition) is 0. The van der Waals surface area contributed by atoms with E-state index < -0.39 is 0 Å². The molecule has 7 heteroatoms. The summed E-state index contributed by atoms with van der Waals surface area (Å²) in [6, 6.07) is 26.8. The van der Waals surface area contributed by atoms with Crippen molar-refractivity contribution in [2.24, 2.45) is 0 Å². The van der Waals surface area contributed by atoms with Gasteiger partial charge in [0.25, 0.3) is 13.4 Å². The molecule has 0 atom stereocenters. The van der Waals surface area contributed by atoms with Gasteiger partial charge in [-0.05, 0) is 70.4 Å². The molecule has 0 amide bonds. The van der Waals surface area contributed by atoms with Crippen LogP contribution in [0, 0.1) is 0 Å². The van der Waals surface area contributed by atoms with Gasteiger partial charge in [0.1, 0.15) is 57.5 Å². The van der Waals surface area contributed by atoms with E-state index in [2.05, 4.69) is 45.0 Å². The van der Waals surface area contributed by atoms with E-state index in [9.17, 15) is 0 Å². The molecule has 0 unspecified atom stereocenters. The zero-order chi connectivity index (χ0) is 27.2. The molecule has 5 aromatic rings. The Morgan fingerprint density at radius 3 is 1.17 bits per heavy atom. The molecule has 41 heavy (non-hydrogen) atoms. The van der Waals surface area contributed by atoms with Crippen LogP contribution < -0.4 is 56.5 Å². The second-order valence-electron chi connectivity index (χ2n) is 12.4. The molecule has 10 rings (SSSR count). The van der Waals surface area contributed by atoms with Gasteiger partial charge in [-0.15, -0.1) is 0 Å². The molecule has 0 radical (unpaired) electrons. The summed E-state index contributed by atoms with van der Waals surface area (Å²) in [4.78, 5) is 0. The van der Waals surface area contributed by atoms with Crippen molar-refractivity contribution in [3.8, 4) is 57.5 Å². The smallest absolute Gasteiger partial charge is 0.265 e. The molecule has 0 aromatic heterocycles. The topological polar surface area (TPSA) is 46.2 Å². The summed E-state index contributed by atoms with van der Waals surface area (Å²) < 4.78 is 33.3. The monoisotopic (exact) mass is 532 g/mol. The maximum atomic E-state index is 6.88. The van der Waals surface area contributed by atoms with Gasteiger partial charge in [-0.2, -0.15) is 0 Å². The van der Waals surface area contributed by atoms with E-state index in [0.29, 0.717) is 0 Å². The lowest BCUT2D eigenvalue weighted by atomic mass is 9.31. The molecule has 0 aliphatic carbocycles. The average molecular weight is 532 g/mol. The molecule has 5 heterocycles. The van der Waals surface area contributed by atoms with Crippen molar-refractivity contribution in [3.05, 3.63) is 84.4 Å². The lowest BCUT2D eigenvalue weighted by Gasteiger charge is -2.38. The van der Waals surface area contributed by atoms with Gasteiger partial charge in [0.05, 0.1) is 0 Å². The summed E-state index contributed by atoms with van der Waals surface area (Å²) in [5, 5.41) is 0. The van der Waals surface area contributed by atoms with Crippen LogP contribution in [0.5, 0.6) is 57.5 Å². The Morgan fingerprint density at radius 1 is 0.415 bits per heavy atom. The Hall–Kier alpha value is -4.77. The van der Waals surface area contributed by atoms with Gasteiger partial charge in [-0.3, -0.25) is 0 Å². The van der Waals surface area contributed by atoms with Crippen molar-refractivity contribution in [1.82, 2.24) is 0 Å². The second-order valence-corrected chi connectivity index (χ2v) is 12.4. The van der Waals surface area contributed by atoms with E-state index in [0.717, 1.165) is 95.8 Å². The zero-order valence-corrected chi connectivity index (χ0v) is 22.7. The van der Waals surface area contributed by atoms with Gasteiger partial charge in [0.2, 0.25) is 0 Å². The van der Waals surface area contributed by atoms with Crippen molar-refractivity contribution in [1.29, 1.82) is 0 Å². The summed E-state index contributed by atoms with van der Waals surface area (Å²) in [7, 11) is 0. The molecular formula is C34H22B2O5. The molecule has 194 valence electrons. The minimum atomic E-state index is -0.121. The third-order valence-electron chi connectivity index (χ3n) is 9.07. The van der Waals surface area contributed by atoms with E-state index in [4.69, 9.17) is 23.7 Å². The fourth-order valence-electron chi connectivity index (χ4n) is 7.17. The summed E-state index contributed by atoms with van der Waals surface area (Å²) in [6.07, 6.45) is 0. The highest BCUT2D eigenvalue weighted by Gasteiger charge is 2.48. The summed E-state index contributed by atoms with van der Waals surface area (Å²) >= 11 is 0. The lowest BCUT2D eigenvalue weighted by Crippen LogP contribution is -2.62. The Balaban J connectivity index is 1.34. The highest BCUT2D eigenvalue weighted by molar-refractivity contribution is 7.01. The predicted molar refractivity (Wildman–Crippen MR) is 161 cm³/mol. The molecule has 5 nitrogen and oxygen atoms in total. The molecule has 0 saturated heterocycles. The number of rotatable bonds is 0. The Kier molecular flexibility index (Phi) is 3.81. The van der Waals surface area contributed by atoms with Gasteiger partial charge in [0.15, 0.2) is 0 Å². The SMILES string of the molecule is CC(C)(C)c1cc2c3c(c1)Oc1cccc4c1B3c1cc3c(cc1O2)Oc1cccc2c1B3c1c(cccc1O4)O2. The highest BCUT2D eigenvalue weighted by atomic mass is 16.5. The standard InChI is InChI=1S/C34H22B2O5/c1-34(2,3)17-13-28-33-29(14-17)41-27-16-26-18-15-19(27)36(33)32-23(10-6-12-25(32)40-28)38-21-8-4-7-20-30(21)35(18)31-22(37-20)9-5-11-24(31)39-26/h4-16H,1-3H3. The van der Waals surface area contributed by atoms with Gasteiger partial charge in [-0.25, -0.2) is 0 Å². The average Bonchev–Trinajstić information content (AvgIpc) is 2.95. The van der Waals surface area contributed by atoms with Gasteiger partial charge >= 0.3 is 0 Å². The fourth-order valence-corrected chi connectivity index (χ4v) is 7.17. The third kappa shape index (κ3) is 2.74. The second kappa shape index (κ2) is 7.10. The first kappa shape index (κ1) is 22.0. The van der Waals surface area contributed by atoms with Crippen molar-refractivity contribution < 1.29 is 23.7 Å². The van der Waals surface area contributed by atoms with Gasteiger partial charge in [0, 0.05) is 27.9 Å². The van der Waals surface area contributed by atoms with Crippen molar-refractivity contribution >= 4 is 46.2 Å². The maximum absolute atomic E-state index is 6.88. The molecule has 2 bridgehead atoms. The normalized spacial score (nSPS) is 15.1. The largest absolute Gasteiger partial charge is 0.458 e. The summed E-state index contributed by atoms with van der Waals surface area (Å²) in [5.74, 6) is 7.95. The van der Waals surface area contributed by atoms with E-state index in [-0.39, 0.29) is 18.8 Å². The van der Waals surface area contributed by atoms with E-state index >= 15 is 0 Å². The van der Waals surface area contributed by atoms with E-state index in [1.807, 2.05) is 54.6 Å². The van der Waals surface area contributed by atoms with Crippen LogP contribution in [-0.4, -0.2) is 13.4 Å². The lowest BCUT2D eigenvalue weighted by molar-refractivity contribution is 0.441. The first-order valence-corrected chi connectivity index (χ1v) is 14.1. The zero-order valence-electron chi connectivity index (χ0n) is 22.7. The van der Waals surface area contributed by atoms with Crippen LogP contribution in [0.3, 0.4) is 0 Å².